The molecule has 1 aliphatic carbocycles. The maximum atomic E-state index is 5.98. The van der Waals surface area contributed by atoms with Gasteiger partial charge >= 0.3 is 0 Å². The lowest BCUT2D eigenvalue weighted by atomic mass is 9.84. The third-order valence-electron chi connectivity index (χ3n) is 4.11. The van der Waals surface area contributed by atoms with Crippen molar-refractivity contribution >= 4 is 11.5 Å². The van der Waals surface area contributed by atoms with Crippen LogP contribution < -0.4 is 10.6 Å². The molecule has 96 valence electrons. The fraction of sp³-hybridized carbons (Fsp3) is 0.769. The molecule has 0 aliphatic heterocycles. The zero-order valence-electron chi connectivity index (χ0n) is 11.2. The summed E-state index contributed by atoms with van der Waals surface area (Å²) in [5.74, 6) is 1.87. The summed E-state index contributed by atoms with van der Waals surface area (Å²) in [7, 11) is 4.04. The van der Waals surface area contributed by atoms with Crippen molar-refractivity contribution in [2.24, 2.45) is 13.0 Å². The Morgan fingerprint density at radius 1 is 1.41 bits per heavy atom. The maximum Gasteiger partial charge on any atom is 0.173 e. The van der Waals surface area contributed by atoms with Crippen molar-refractivity contribution in [1.29, 1.82) is 0 Å². The van der Waals surface area contributed by atoms with E-state index in [0.29, 0.717) is 6.04 Å². The molecule has 1 aromatic heterocycles. The lowest BCUT2D eigenvalue weighted by Gasteiger charge is -2.34. The first-order valence-electron chi connectivity index (χ1n) is 6.63. The predicted octanol–water partition coefficient (Wildman–Crippen LogP) is 2.41. The molecule has 0 bridgehead atoms. The lowest BCUT2D eigenvalue weighted by Crippen LogP contribution is -2.35. The van der Waals surface area contributed by atoms with Crippen LogP contribution in [0.4, 0.5) is 11.5 Å². The second-order valence-electron chi connectivity index (χ2n) is 5.28. The molecule has 1 fully saturated rings. The van der Waals surface area contributed by atoms with Crippen molar-refractivity contribution in [3.63, 3.8) is 0 Å². The first-order chi connectivity index (χ1) is 8.11. The van der Waals surface area contributed by atoms with Crippen LogP contribution in [0.5, 0.6) is 0 Å². The van der Waals surface area contributed by atoms with Gasteiger partial charge in [-0.25, -0.2) is 0 Å². The number of anilines is 2. The van der Waals surface area contributed by atoms with Crippen molar-refractivity contribution in [2.75, 3.05) is 17.7 Å². The highest BCUT2D eigenvalue weighted by atomic mass is 15.3. The second kappa shape index (κ2) is 4.98. The van der Waals surface area contributed by atoms with Gasteiger partial charge in [-0.05, 0) is 31.6 Å². The van der Waals surface area contributed by atoms with Crippen LogP contribution in [0.15, 0.2) is 6.20 Å². The van der Waals surface area contributed by atoms with Gasteiger partial charge in [-0.2, -0.15) is 5.10 Å². The van der Waals surface area contributed by atoms with Gasteiger partial charge in [-0.3, -0.25) is 4.68 Å². The van der Waals surface area contributed by atoms with E-state index in [1.807, 2.05) is 13.2 Å². The predicted molar refractivity (Wildman–Crippen MR) is 72.1 cm³/mol. The lowest BCUT2D eigenvalue weighted by molar-refractivity contribution is 0.313. The Bertz CT molecular complexity index is 363. The monoisotopic (exact) mass is 236 g/mol. The van der Waals surface area contributed by atoms with Gasteiger partial charge in [0.1, 0.15) is 0 Å². The van der Waals surface area contributed by atoms with Crippen LogP contribution in [0.25, 0.3) is 0 Å². The molecule has 17 heavy (non-hydrogen) atoms. The molecule has 2 N–H and O–H groups in total. The van der Waals surface area contributed by atoms with Gasteiger partial charge in [-0.15, -0.1) is 0 Å². The van der Waals surface area contributed by atoms with Crippen LogP contribution in [0.1, 0.15) is 39.0 Å². The Labute approximate surface area is 104 Å². The third-order valence-corrected chi connectivity index (χ3v) is 4.11. The minimum absolute atomic E-state index is 0.606. The van der Waals surface area contributed by atoms with Gasteiger partial charge in [0.2, 0.25) is 0 Å². The highest BCUT2D eigenvalue weighted by Crippen LogP contribution is 2.32. The summed E-state index contributed by atoms with van der Waals surface area (Å²) >= 11 is 0. The zero-order chi connectivity index (χ0) is 12.4. The summed E-state index contributed by atoms with van der Waals surface area (Å²) in [6.45, 7) is 2.30. The summed E-state index contributed by atoms with van der Waals surface area (Å²) in [6.07, 6.45) is 8.43. The highest BCUT2D eigenvalue weighted by Gasteiger charge is 2.25. The van der Waals surface area contributed by atoms with Crippen LogP contribution in [-0.4, -0.2) is 22.9 Å². The molecule has 4 nitrogen and oxygen atoms in total. The fourth-order valence-corrected chi connectivity index (χ4v) is 2.88. The Hall–Kier alpha value is -1.19. The standard InChI is InChI=1S/C13H24N4/c1-4-10-5-7-11(8-6-10)17(3)13-12(14)9-16(2)15-13/h9-11H,4-8,14H2,1-3H3. The number of hydrogen-bond donors (Lipinski definition) is 1. The molecule has 1 saturated carbocycles. The third kappa shape index (κ3) is 2.56. The van der Waals surface area contributed by atoms with Crippen LogP contribution in [0, 0.1) is 5.92 Å². The molecule has 4 heteroatoms. The Morgan fingerprint density at radius 3 is 2.53 bits per heavy atom. The summed E-state index contributed by atoms with van der Waals surface area (Å²) in [4.78, 5) is 2.27. The molecular formula is C13H24N4. The summed E-state index contributed by atoms with van der Waals surface area (Å²) in [6, 6.07) is 0.606. The van der Waals surface area contributed by atoms with Crippen molar-refractivity contribution in [2.45, 2.75) is 45.1 Å². The van der Waals surface area contributed by atoms with Gasteiger partial charge < -0.3 is 10.6 Å². The van der Waals surface area contributed by atoms with E-state index >= 15 is 0 Å². The van der Waals surface area contributed by atoms with Crippen LogP contribution in [0.3, 0.4) is 0 Å². The van der Waals surface area contributed by atoms with Gasteiger partial charge in [-0.1, -0.05) is 13.3 Å². The maximum absolute atomic E-state index is 5.98. The second-order valence-corrected chi connectivity index (χ2v) is 5.28. The number of hydrogen-bond acceptors (Lipinski definition) is 3. The van der Waals surface area contributed by atoms with Gasteiger partial charge in [0.25, 0.3) is 0 Å². The SMILES string of the molecule is CCC1CCC(N(C)c2nn(C)cc2N)CC1. The van der Waals surface area contributed by atoms with Gasteiger partial charge in [0.15, 0.2) is 5.82 Å². The van der Waals surface area contributed by atoms with Crippen LogP contribution >= 0.6 is 0 Å². The van der Waals surface area contributed by atoms with E-state index in [0.717, 1.165) is 17.4 Å². The molecule has 0 radical (unpaired) electrons. The van der Waals surface area contributed by atoms with Gasteiger partial charge in [0.05, 0.1) is 5.69 Å². The van der Waals surface area contributed by atoms with Crippen molar-refractivity contribution < 1.29 is 0 Å². The van der Waals surface area contributed by atoms with E-state index in [9.17, 15) is 0 Å². The summed E-state index contributed by atoms with van der Waals surface area (Å²) < 4.78 is 1.79. The highest BCUT2D eigenvalue weighted by molar-refractivity contribution is 5.61. The molecule has 0 unspecified atom stereocenters. The zero-order valence-corrected chi connectivity index (χ0v) is 11.2. The topological polar surface area (TPSA) is 47.1 Å². The van der Waals surface area contributed by atoms with E-state index in [1.165, 1.54) is 32.1 Å². The fourth-order valence-electron chi connectivity index (χ4n) is 2.88. The molecule has 0 atom stereocenters. The minimum Gasteiger partial charge on any atom is -0.394 e. The largest absolute Gasteiger partial charge is 0.394 e. The number of nitrogen functional groups attached to an aromatic ring is 1. The number of nitrogens with two attached hydrogens (primary N) is 1. The minimum atomic E-state index is 0.606. The quantitative estimate of drug-likeness (QED) is 0.876. The number of nitrogens with zero attached hydrogens (tertiary/aromatic N) is 3. The summed E-state index contributed by atoms with van der Waals surface area (Å²) in [5, 5.41) is 4.44. The van der Waals surface area contributed by atoms with Gasteiger partial charge in [0, 0.05) is 26.3 Å². The van der Waals surface area contributed by atoms with Crippen LogP contribution in [0.2, 0.25) is 0 Å². The molecule has 0 spiro atoms. The average molecular weight is 236 g/mol. The summed E-state index contributed by atoms with van der Waals surface area (Å²) in [5.41, 5.74) is 6.76. The van der Waals surface area contributed by atoms with Crippen molar-refractivity contribution in [1.82, 2.24) is 9.78 Å². The smallest absolute Gasteiger partial charge is 0.173 e. The molecule has 2 rings (SSSR count). The Balaban J connectivity index is 2.01. The van der Waals surface area contributed by atoms with E-state index in [2.05, 4.69) is 24.0 Å². The van der Waals surface area contributed by atoms with Crippen molar-refractivity contribution in [3.05, 3.63) is 6.20 Å². The Kier molecular flexibility index (Phi) is 3.60. The molecular weight excluding hydrogens is 212 g/mol. The molecule has 1 aliphatic rings. The number of rotatable bonds is 3. The van der Waals surface area contributed by atoms with E-state index in [1.54, 1.807) is 4.68 Å². The van der Waals surface area contributed by atoms with Crippen LogP contribution in [-0.2, 0) is 7.05 Å². The normalized spacial score (nSPS) is 24.9. The van der Waals surface area contributed by atoms with E-state index in [-0.39, 0.29) is 0 Å². The first-order valence-corrected chi connectivity index (χ1v) is 6.63. The first kappa shape index (κ1) is 12.3. The Morgan fingerprint density at radius 2 is 2.06 bits per heavy atom. The molecule has 0 saturated heterocycles. The van der Waals surface area contributed by atoms with Crippen molar-refractivity contribution in [3.8, 4) is 0 Å². The molecule has 1 aromatic rings. The van der Waals surface area contributed by atoms with E-state index in [4.69, 9.17) is 5.73 Å². The average Bonchev–Trinajstić information content (AvgIpc) is 2.68. The number of aryl methyl sites for hydroxylation is 1. The molecule has 1 heterocycles. The molecule has 0 aromatic carbocycles. The molecule has 0 amide bonds. The number of aromatic nitrogens is 2. The van der Waals surface area contributed by atoms with E-state index < -0.39 is 0 Å².